The maximum absolute atomic E-state index is 12.2. The van der Waals surface area contributed by atoms with E-state index in [-0.39, 0.29) is 10.4 Å². The van der Waals surface area contributed by atoms with Gasteiger partial charge in [0.1, 0.15) is 5.75 Å². The predicted molar refractivity (Wildman–Crippen MR) is 95.5 cm³/mol. The number of nitrogens with two attached hydrogens (primary N) is 1. The average molecular weight is 348 g/mol. The highest BCUT2D eigenvalue weighted by molar-refractivity contribution is 7.89. The van der Waals surface area contributed by atoms with E-state index in [1.807, 2.05) is 38.1 Å². The first kappa shape index (κ1) is 18.4. The summed E-state index contributed by atoms with van der Waals surface area (Å²) < 4.78 is 32.1. The van der Waals surface area contributed by atoms with Crippen LogP contribution in [0.2, 0.25) is 0 Å². The van der Waals surface area contributed by atoms with Gasteiger partial charge in [-0.3, -0.25) is 0 Å². The second-order valence-electron chi connectivity index (χ2n) is 6.24. The third-order valence-electron chi connectivity index (χ3n) is 3.77. The molecule has 2 rings (SSSR count). The molecule has 0 amide bonds. The Kier molecular flexibility index (Phi) is 5.64. The van der Waals surface area contributed by atoms with Crippen molar-refractivity contribution in [2.24, 2.45) is 5.73 Å². The van der Waals surface area contributed by atoms with Gasteiger partial charge in [0.25, 0.3) is 0 Å². The predicted octanol–water partition coefficient (Wildman–Crippen LogP) is 2.41. The maximum Gasteiger partial charge on any atom is 0.240 e. The summed E-state index contributed by atoms with van der Waals surface area (Å²) in [6.07, 6.45) is 0.612. The second kappa shape index (κ2) is 7.34. The van der Waals surface area contributed by atoms with E-state index in [0.717, 1.165) is 11.1 Å². The molecule has 130 valence electrons. The maximum atomic E-state index is 12.2. The lowest BCUT2D eigenvalue weighted by Gasteiger charge is -2.19. The number of hydrogen-bond donors (Lipinski definition) is 2. The third-order valence-corrected chi connectivity index (χ3v) is 5.25. The second-order valence-corrected chi connectivity index (χ2v) is 8.01. The third kappa shape index (κ3) is 4.80. The number of sulfonamides is 1. The van der Waals surface area contributed by atoms with Gasteiger partial charge in [0, 0.05) is 12.1 Å². The van der Waals surface area contributed by atoms with Crippen molar-refractivity contribution in [2.45, 2.75) is 30.7 Å². The molecule has 0 bridgehead atoms. The summed E-state index contributed by atoms with van der Waals surface area (Å²) in [5.74, 6) is 0.622. The minimum absolute atomic E-state index is 0.225. The zero-order valence-corrected chi connectivity index (χ0v) is 15.1. The lowest BCUT2D eigenvalue weighted by Crippen LogP contribution is -2.28. The standard InChI is InChI=1S/C18H24N2O3S/c1-18(2,19)15-6-4-14(5-7-15)12-13-20-24(21,22)17-10-8-16(23-3)9-11-17/h4-11,20H,12-13,19H2,1-3H3. The largest absolute Gasteiger partial charge is 0.497 e. The van der Waals surface area contributed by atoms with Gasteiger partial charge in [-0.1, -0.05) is 24.3 Å². The average Bonchev–Trinajstić information content (AvgIpc) is 2.54. The van der Waals surface area contributed by atoms with Gasteiger partial charge in [-0.15, -0.1) is 0 Å². The molecule has 0 atom stereocenters. The van der Waals surface area contributed by atoms with Crippen LogP contribution < -0.4 is 15.2 Å². The fourth-order valence-corrected chi connectivity index (χ4v) is 3.30. The highest BCUT2D eigenvalue weighted by Crippen LogP contribution is 2.18. The van der Waals surface area contributed by atoms with Gasteiger partial charge in [-0.05, 0) is 55.7 Å². The first-order valence-electron chi connectivity index (χ1n) is 7.74. The van der Waals surface area contributed by atoms with Crippen LogP contribution in [0, 0.1) is 0 Å². The van der Waals surface area contributed by atoms with Crippen molar-refractivity contribution >= 4 is 10.0 Å². The molecule has 0 heterocycles. The zero-order valence-electron chi connectivity index (χ0n) is 14.2. The molecule has 0 aliphatic carbocycles. The highest BCUT2D eigenvalue weighted by Gasteiger charge is 2.15. The molecule has 0 aliphatic rings. The number of methoxy groups -OCH3 is 1. The number of benzene rings is 2. The summed E-state index contributed by atoms with van der Waals surface area (Å²) in [4.78, 5) is 0.225. The summed E-state index contributed by atoms with van der Waals surface area (Å²) in [6.45, 7) is 4.23. The molecule has 0 radical (unpaired) electrons. The molecular formula is C18H24N2O3S. The molecule has 24 heavy (non-hydrogen) atoms. The Balaban J connectivity index is 1.95. The summed E-state index contributed by atoms with van der Waals surface area (Å²) in [5.41, 5.74) is 7.77. The van der Waals surface area contributed by atoms with Gasteiger partial charge in [0.15, 0.2) is 0 Å². The van der Waals surface area contributed by atoms with Crippen LogP contribution in [0.25, 0.3) is 0 Å². The first-order valence-corrected chi connectivity index (χ1v) is 9.23. The summed E-state index contributed by atoms with van der Waals surface area (Å²) in [7, 11) is -1.97. The SMILES string of the molecule is COc1ccc(S(=O)(=O)NCCc2ccc(C(C)(C)N)cc2)cc1. The molecule has 6 heteroatoms. The van der Waals surface area contributed by atoms with Gasteiger partial charge in [-0.2, -0.15) is 0 Å². The Morgan fingerprint density at radius 3 is 2.12 bits per heavy atom. The molecule has 0 unspecified atom stereocenters. The van der Waals surface area contributed by atoms with E-state index in [9.17, 15) is 8.42 Å². The molecule has 5 nitrogen and oxygen atoms in total. The summed E-state index contributed by atoms with van der Waals surface area (Å²) >= 11 is 0. The Bertz CT molecular complexity index is 761. The van der Waals surface area contributed by atoms with Crippen LogP contribution in [0.1, 0.15) is 25.0 Å². The summed E-state index contributed by atoms with van der Waals surface area (Å²) in [6, 6.07) is 14.2. The molecule has 0 aliphatic heterocycles. The molecule has 2 aromatic rings. The quantitative estimate of drug-likeness (QED) is 0.805. The zero-order chi connectivity index (χ0) is 17.8. The van der Waals surface area contributed by atoms with Crippen LogP contribution in [-0.2, 0) is 22.0 Å². The fourth-order valence-electron chi connectivity index (χ4n) is 2.27. The molecule has 3 N–H and O–H groups in total. The molecule has 2 aromatic carbocycles. The monoisotopic (exact) mass is 348 g/mol. The lowest BCUT2D eigenvalue weighted by molar-refractivity contribution is 0.414. The van der Waals surface area contributed by atoms with Crippen molar-refractivity contribution < 1.29 is 13.2 Å². The number of ether oxygens (including phenoxy) is 1. The molecule has 0 saturated carbocycles. The molecule has 0 aromatic heterocycles. The number of rotatable bonds is 7. The smallest absolute Gasteiger partial charge is 0.240 e. The van der Waals surface area contributed by atoms with E-state index >= 15 is 0 Å². The number of nitrogens with one attached hydrogen (secondary N) is 1. The first-order chi connectivity index (χ1) is 11.2. The molecule has 0 spiro atoms. The Morgan fingerprint density at radius 2 is 1.62 bits per heavy atom. The minimum Gasteiger partial charge on any atom is -0.497 e. The van der Waals surface area contributed by atoms with E-state index in [1.54, 1.807) is 19.2 Å². The van der Waals surface area contributed by atoms with Gasteiger partial charge < -0.3 is 10.5 Å². The molecule has 0 fully saturated rings. The van der Waals surface area contributed by atoms with Crippen LogP contribution in [0.4, 0.5) is 0 Å². The van der Waals surface area contributed by atoms with E-state index in [0.29, 0.717) is 18.7 Å². The minimum atomic E-state index is -3.51. The van der Waals surface area contributed by atoms with Crippen molar-refractivity contribution in [1.29, 1.82) is 0 Å². The fraction of sp³-hybridized carbons (Fsp3) is 0.333. The van der Waals surface area contributed by atoms with Crippen molar-refractivity contribution in [2.75, 3.05) is 13.7 Å². The topological polar surface area (TPSA) is 81.4 Å². The Morgan fingerprint density at radius 1 is 1.04 bits per heavy atom. The van der Waals surface area contributed by atoms with Crippen LogP contribution >= 0.6 is 0 Å². The van der Waals surface area contributed by atoms with E-state index < -0.39 is 10.0 Å². The normalized spacial score (nSPS) is 12.2. The lowest BCUT2D eigenvalue weighted by atomic mass is 9.94. The highest BCUT2D eigenvalue weighted by atomic mass is 32.2. The van der Waals surface area contributed by atoms with E-state index in [1.165, 1.54) is 12.1 Å². The molecular weight excluding hydrogens is 324 g/mol. The van der Waals surface area contributed by atoms with E-state index in [4.69, 9.17) is 10.5 Å². The van der Waals surface area contributed by atoms with Crippen molar-refractivity contribution in [3.63, 3.8) is 0 Å². The van der Waals surface area contributed by atoms with Crippen LogP contribution in [-0.4, -0.2) is 22.1 Å². The van der Waals surface area contributed by atoms with Crippen molar-refractivity contribution in [3.05, 3.63) is 59.7 Å². The van der Waals surface area contributed by atoms with Gasteiger partial charge in [0.2, 0.25) is 10.0 Å². The van der Waals surface area contributed by atoms with Crippen molar-refractivity contribution in [1.82, 2.24) is 4.72 Å². The van der Waals surface area contributed by atoms with Crippen LogP contribution in [0.15, 0.2) is 53.4 Å². The van der Waals surface area contributed by atoms with Gasteiger partial charge >= 0.3 is 0 Å². The van der Waals surface area contributed by atoms with E-state index in [2.05, 4.69) is 4.72 Å². The van der Waals surface area contributed by atoms with Crippen LogP contribution in [0.3, 0.4) is 0 Å². The Hall–Kier alpha value is -1.89. The Labute approximate surface area is 143 Å². The van der Waals surface area contributed by atoms with Crippen LogP contribution in [0.5, 0.6) is 5.75 Å². The summed E-state index contributed by atoms with van der Waals surface area (Å²) in [5, 5.41) is 0. The van der Waals surface area contributed by atoms with Crippen molar-refractivity contribution in [3.8, 4) is 5.75 Å². The number of hydrogen-bond acceptors (Lipinski definition) is 4. The molecule has 0 saturated heterocycles. The van der Waals surface area contributed by atoms with Gasteiger partial charge in [-0.25, -0.2) is 13.1 Å². The van der Waals surface area contributed by atoms with Gasteiger partial charge in [0.05, 0.1) is 12.0 Å².